The maximum absolute atomic E-state index is 14.3. The number of hydrogen-bond donors (Lipinski definition) is 3. The van der Waals surface area contributed by atoms with Crippen molar-refractivity contribution >= 4 is 41.3 Å². The predicted octanol–water partition coefficient (Wildman–Crippen LogP) is 3.41. The molecule has 0 aliphatic carbocycles. The van der Waals surface area contributed by atoms with Crippen molar-refractivity contribution < 1.29 is 37.3 Å². The summed E-state index contributed by atoms with van der Waals surface area (Å²) < 4.78 is 55.3. The molecule has 0 radical (unpaired) electrons. The molecule has 2 amide bonds. The van der Waals surface area contributed by atoms with E-state index in [1.807, 2.05) is 0 Å². The minimum Gasteiger partial charge on any atom is -0.491 e. The summed E-state index contributed by atoms with van der Waals surface area (Å²) in [6, 6.07) is 2.10. The lowest BCUT2D eigenvalue weighted by Gasteiger charge is -2.28. The number of anilines is 2. The van der Waals surface area contributed by atoms with E-state index in [0.717, 1.165) is 29.3 Å². The highest BCUT2D eigenvalue weighted by Crippen LogP contribution is 2.50. The van der Waals surface area contributed by atoms with Gasteiger partial charge in [0.05, 0.1) is 24.7 Å². The van der Waals surface area contributed by atoms with Gasteiger partial charge >= 0.3 is 12.2 Å². The Morgan fingerprint density at radius 2 is 2.10 bits per heavy atom. The number of aromatic nitrogens is 4. The van der Waals surface area contributed by atoms with Crippen molar-refractivity contribution in [1.82, 2.24) is 24.9 Å². The number of carbonyl (C=O) groups excluding carboxylic acids is 1. The Balaban J connectivity index is 0.00000112. The number of alkyl halides is 3. The number of nitrogens with one attached hydrogen (secondary N) is 2. The number of rotatable bonds is 4. The van der Waals surface area contributed by atoms with Crippen molar-refractivity contribution in [2.75, 3.05) is 37.0 Å². The molecule has 2 aliphatic rings. The number of urea groups is 1. The molecule has 1 fully saturated rings. The van der Waals surface area contributed by atoms with E-state index in [9.17, 15) is 18.0 Å². The molecule has 1 saturated heterocycles. The fourth-order valence-corrected chi connectivity index (χ4v) is 4.75. The summed E-state index contributed by atoms with van der Waals surface area (Å²) in [7, 11) is 1.48. The second-order valence-corrected chi connectivity index (χ2v) is 9.46. The van der Waals surface area contributed by atoms with E-state index >= 15 is 0 Å². The van der Waals surface area contributed by atoms with Crippen LogP contribution in [0, 0.1) is 6.92 Å². The zero-order valence-corrected chi connectivity index (χ0v) is 21.8. The van der Waals surface area contributed by atoms with Gasteiger partial charge in [-0.15, -0.1) is 0 Å². The number of ether oxygens (including phenoxy) is 2. The van der Waals surface area contributed by atoms with E-state index in [2.05, 4.69) is 25.7 Å². The molecule has 39 heavy (non-hydrogen) atoms. The first-order valence-corrected chi connectivity index (χ1v) is 12.0. The third kappa shape index (κ3) is 5.23. The molecule has 5 heterocycles. The average Bonchev–Trinajstić information content (AvgIpc) is 3.56. The fourth-order valence-electron chi connectivity index (χ4n) is 4.58. The maximum Gasteiger partial charge on any atom is 0.401 e. The standard InChI is InChI=1S/C22H23ClF3N7O3.CH2O2/c1-11-6-15(29-19(17(11)35-3)36-12-4-5-27-8-12)30-20(34)32-10-21(2,22(24,25)26)18-13(32)9-28-16-7-14(23)31-33(16)18;2-1-3/h6-7,9,12,27H,4-5,8,10H2,1-3H3,(H,29,30,34);1H,(H,2,3)/t12-,21?;/m0./s1. The van der Waals surface area contributed by atoms with Crippen LogP contribution in [0.15, 0.2) is 18.3 Å². The maximum atomic E-state index is 14.3. The Morgan fingerprint density at radius 3 is 2.72 bits per heavy atom. The molecule has 0 saturated carbocycles. The van der Waals surface area contributed by atoms with Crippen molar-refractivity contribution in [1.29, 1.82) is 0 Å². The number of methoxy groups -OCH3 is 1. The van der Waals surface area contributed by atoms with Crippen LogP contribution in [0.5, 0.6) is 11.6 Å². The molecule has 2 aliphatic heterocycles. The van der Waals surface area contributed by atoms with Gasteiger partial charge in [-0.2, -0.15) is 23.3 Å². The topological polar surface area (TPSA) is 143 Å². The molecule has 0 bridgehead atoms. The van der Waals surface area contributed by atoms with Gasteiger partial charge in [0.25, 0.3) is 12.4 Å². The number of amides is 2. The van der Waals surface area contributed by atoms with Gasteiger partial charge in [0.2, 0.25) is 0 Å². The number of aryl methyl sites for hydroxylation is 1. The average molecular weight is 572 g/mol. The first kappa shape index (κ1) is 28.2. The van der Waals surface area contributed by atoms with Crippen molar-refractivity contribution in [3.8, 4) is 11.6 Å². The van der Waals surface area contributed by atoms with Crippen LogP contribution in [0.25, 0.3) is 5.65 Å². The lowest BCUT2D eigenvalue weighted by Crippen LogP contribution is -2.46. The van der Waals surface area contributed by atoms with Gasteiger partial charge in [-0.25, -0.2) is 14.3 Å². The molecule has 2 atom stereocenters. The quantitative estimate of drug-likeness (QED) is 0.401. The molecule has 5 rings (SSSR count). The third-order valence-corrected chi connectivity index (χ3v) is 6.64. The molecule has 1 unspecified atom stereocenters. The Kier molecular flexibility index (Phi) is 7.75. The second kappa shape index (κ2) is 10.7. The molecule has 210 valence electrons. The van der Waals surface area contributed by atoms with Gasteiger partial charge in [0, 0.05) is 24.7 Å². The summed E-state index contributed by atoms with van der Waals surface area (Å²) >= 11 is 5.93. The Hall–Kier alpha value is -3.85. The van der Waals surface area contributed by atoms with Gasteiger partial charge in [-0.3, -0.25) is 15.0 Å². The smallest absolute Gasteiger partial charge is 0.401 e. The SMILES string of the molecule is COc1c(C)cc(NC(=O)N2CC(C)(C(F)(F)F)c3c2cnc2cc(Cl)nn32)nc1O[C@H]1CCNC1.O=CO. The van der Waals surface area contributed by atoms with Crippen molar-refractivity contribution in [3.63, 3.8) is 0 Å². The molecule has 3 aromatic heterocycles. The van der Waals surface area contributed by atoms with Crippen LogP contribution in [-0.2, 0) is 10.2 Å². The summed E-state index contributed by atoms with van der Waals surface area (Å²) in [5.74, 6) is 0.716. The number of halogens is 4. The van der Waals surface area contributed by atoms with E-state index < -0.39 is 24.2 Å². The first-order chi connectivity index (χ1) is 18.4. The minimum atomic E-state index is -4.69. The van der Waals surface area contributed by atoms with Crippen LogP contribution in [-0.4, -0.2) is 76.2 Å². The van der Waals surface area contributed by atoms with Crippen LogP contribution < -0.4 is 25.0 Å². The Morgan fingerprint density at radius 1 is 1.38 bits per heavy atom. The lowest BCUT2D eigenvalue weighted by atomic mass is 9.88. The van der Waals surface area contributed by atoms with Crippen molar-refractivity contribution in [3.05, 3.63) is 34.7 Å². The minimum absolute atomic E-state index is 0.00812. The Bertz CT molecular complexity index is 1400. The van der Waals surface area contributed by atoms with E-state index in [0.29, 0.717) is 17.9 Å². The van der Waals surface area contributed by atoms with Crippen LogP contribution in [0.4, 0.5) is 29.5 Å². The molecule has 12 nitrogen and oxygen atoms in total. The van der Waals surface area contributed by atoms with E-state index in [4.69, 9.17) is 31.0 Å². The number of fused-ring (bicyclic) bond motifs is 3. The molecule has 3 aromatic rings. The monoisotopic (exact) mass is 571 g/mol. The summed E-state index contributed by atoms with van der Waals surface area (Å²) in [5.41, 5.74) is -1.88. The van der Waals surface area contributed by atoms with E-state index in [-0.39, 0.29) is 46.5 Å². The predicted molar refractivity (Wildman–Crippen MR) is 134 cm³/mol. The normalized spacial score (nSPS) is 20.3. The van der Waals surface area contributed by atoms with E-state index in [1.54, 1.807) is 13.0 Å². The van der Waals surface area contributed by atoms with Crippen molar-refractivity contribution in [2.24, 2.45) is 0 Å². The molecular formula is C23H25ClF3N7O5. The lowest BCUT2D eigenvalue weighted by molar-refractivity contribution is -0.181. The van der Waals surface area contributed by atoms with E-state index in [1.165, 1.54) is 19.4 Å². The van der Waals surface area contributed by atoms with Gasteiger partial charge < -0.3 is 19.9 Å². The third-order valence-electron chi connectivity index (χ3n) is 6.45. The summed E-state index contributed by atoms with van der Waals surface area (Å²) in [5, 5.41) is 16.6. The number of carboxylic acid groups (broad SMARTS) is 1. The van der Waals surface area contributed by atoms with Crippen LogP contribution in [0.1, 0.15) is 24.6 Å². The summed E-state index contributed by atoms with van der Waals surface area (Å²) in [6.45, 7) is 3.29. The van der Waals surface area contributed by atoms with Crippen LogP contribution >= 0.6 is 11.6 Å². The number of hydrogen-bond acceptors (Lipinski definition) is 8. The number of nitrogens with zero attached hydrogens (tertiary/aromatic N) is 5. The Labute approximate surface area is 225 Å². The largest absolute Gasteiger partial charge is 0.491 e. The zero-order chi connectivity index (χ0) is 28.5. The second-order valence-electron chi connectivity index (χ2n) is 9.08. The van der Waals surface area contributed by atoms with Crippen LogP contribution in [0.2, 0.25) is 5.15 Å². The number of carbonyl (C=O) groups is 2. The highest BCUT2D eigenvalue weighted by atomic mass is 35.5. The molecule has 16 heteroatoms. The van der Waals surface area contributed by atoms with Crippen LogP contribution in [0.3, 0.4) is 0 Å². The highest BCUT2D eigenvalue weighted by molar-refractivity contribution is 6.29. The van der Waals surface area contributed by atoms with Gasteiger partial charge in [-0.1, -0.05) is 11.6 Å². The van der Waals surface area contributed by atoms with Gasteiger partial charge in [0.15, 0.2) is 16.5 Å². The molecule has 0 aromatic carbocycles. The van der Waals surface area contributed by atoms with Gasteiger partial charge in [0.1, 0.15) is 17.3 Å². The first-order valence-electron chi connectivity index (χ1n) is 11.6. The summed E-state index contributed by atoms with van der Waals surface area (Å²) in [6.07, 6.45) is -2.81. The molecular weight excluding hydrogens is 547 g/mol. The fraction of sp³-hybridized carbons (Fsp3) is 0.435. The van der Waals surface area contributed by atoms with Crippen molar-refractivity contribution in [2.45, 2.75) is 38.0 Å². The molecule has 3 N–H and O–H groups in total. The number of pyridine rings is 1. The zero-order valence-electron chi connectivity index (χ0n) is 21.0. The highest BCUT2D eigenvalue weighted by Gasteiger charge is 2.60. The van der Waals surface area contributed by atoms with Gasteiger partial charge in [-0.05, 0) is 32.9 Å². The summed E-state index contributed by atoms with van der Waals surface area (Å²) in [4.78, 5) is 31.1. The molecule has 0 spiro atoms.